The molecule has 2 aromatic carbocycles. The fourth-order valence-electron chi connectivity index (χ4n) is 2.23. The summed E-state index contributed by atoms with van der Waals surface area (Å²) in [7, 11) is 0. The number of carbonyl (C=O) groups is 1. The molecule has 1 N–H and O–H groups in total. The van der Waals surface area contributed by atoms with Gasteiger partial charge in [0.05, 0.1) is 16.3 Å². The molecule has 0 spiro atoms. The molecule has 2 aromatic rings. The summed E-state index contributed by atoms with van der Waals surface area (Å²) < 4.78 is 0. The van der Waals surface area contributed by atoms with E-state index in [2.05, 4.69) is 0 Å². The fourth-order valence-corrected chi connectivity index (χ4v) is 2.50. The number of aromatic carboxylic acids is 1. The molecule has 0 atom stereocenters. The van der Waals surface area contributed by atoms with Crippen LogP contribution in [0.1, 0.15) is 22.8 Å². The van der Waals surface area contributed by atoms with Gasteiger partial charge in [0.2, 0.25) is 0 Å². The number of halogens is 1. The van der Waals surface area contributed by atoms with Gasteiger partial charge >= 0.3 is 5.97 Å². The molecule has 3 nitrogen and oxygen atoms in total. The smallest absolute Gasteiger partial charge is 0.337 e. The van der Waals surface area contributed by atoms with E-state index >= 15 is 0 Å². The first-order valence-electron chi connectivity index (χ1n) is 6.40. The Balaban J connectivity index is 2.60. The molecule has 0 bridgehead atoms. The van der Waals surface area contributed by atoms with Gasteiger partial charge in [0.1, 0.15) is 0 Å². The Kier molecular flexibility index (Phi) is 4.30. The maximum atomic E-state index is 11.4. The van der Waals surface area contributed by atoms with Crippen molar-refractivity contribution < 1.29 is 9.90 Å². The molecule has 0 aliphatic rings. The van der Waals surface area contributed by atoms with Gasteiger partial charge in [-0.15, -0.1) is 0 Å². The summed E-state index contributed by atoms with van der Waals surface area (Å²) in [6, 6.07) is 12.8. The van der Waals surface area contributed by atoms with Gasteiger partial charge in [-0.2, -0.15) is 0 Å². The zero-order valence-electron chi connectivity index (χ0n) is 11.4. The van der Waals surface area contributed by atoms with E-state index in [1.54, 1.807) is 18.2 Å². The van der Waals surface area contributed by atoms with Crippen LogP contribution < -0.4 is 4.90 Å². The van der Waals surface area contributed by atoms with E-state index in [0.29, 0.717) is 17.3 Å². The maximum Gasteiger partial charge on any atom is 0.337 e. The Morgan fingerprint density at radius 3 is 2.55 bits per heavy atom. The van der Waals surface area contributed by atoms with E-state index in [0.717, 1.165) is 11.3 Å². The highest BCUT2D eigenvalue weighted by atomic mass is 35.5. The van der Waals surface area contributed by atoms with Crippen molar-refractivity contribution in [3.8, 4) is 0 Å². The molecule has 0 aliphatic heterocycles. The average molecular weight is 290 g/mol. The van der Waals surface area contributed by atoms with Crippen molar-refractivity contribution in [2.45, 2.75) is 13.8 Å². The van der Waals surface area contributed by atoms with Crippen molar-refractivity contribution in [3.05, 3.63) is 58.6 Å². The van der Waals surface area contributed by atoms with Gasteiger partial charge in [-0.05, 0) is 43.7 Å². The molecule has 0 aromatic heterocycles. The number of hydrogen-bond donors (Lipinski definition) is 1. The fraction of sp³-hybridized carbons (Fsp3) is 0.188. The van der Waals surface area contributed by atoms with Crippen molar-refractivity contribution >= 4 is 28.9 Å². The third kappa shape index (κ3) is 2.78. The molecule has 104 valence electrons. The van der Waals surface area contributed by atoms with Gasteiger partial charge in [0.25, 0.3) is 0 Å². The topological polar surface area (TPSA) is 40.5 Å². The number of benzene rings is 2. The standard InChI is InChI=1S/C16H16ClNO2/c1-3-18(12-7-4-6-11(2)10-12)15-13(16(19)20)8-5-9-14(15)17/h4-10H,3H2,1-2H3,(H,19,20). The third-order valence-corrected chi connectivity index (χ3v) is 3.42. The van der Waals surface area contributed by atoms with Gasteiger partial charge in [-0.1, -0.05) is 29.8 Å². The summed E-state index contributed by atoms with van der Waals surface area (Å²) in [6.07, 6.45) is 0. The van der Waals surface area contributed by atoms with Crippen molar-refractivity contribution in [2.24, 2.45) is 0 Å². The van der Waals surface area contributed by atoms with Crippen LogP contribution in [0, 0.1) is 6.92 Å². The average Bonchev–Trinajstić information content (AvgIpc) is 2.41. The van der Waals surface area contributed by atoms with E-state index in [4.69, 9.17) is 11.6 Å². The highest BCUT2D eigenvalue weighted by molar-refractivity contribution is 6.34. The summed E-state index contributed by atoms with van der Waals surface area (Å²) >= 11 is 6.23. The molecule has 0 saturated carbocycles. The van der Waals surface area contributed by atoms with Crippen molar-refractivity contribution in [1.82, 2.24) is 0 Å². The Morgan fingerprint density at radius 1 is 1.25 bits per heavy atom. The number of hydrogen-bond acceptors (Lipinski definition) is 2. The second kappa shape index (κ2) is 5.97. The van der Waals surface area contributed by atoms with E-state index in [1.165, 1.54) is 0 Å². The molecule has 0 saturated heterocycles. The largest absolute Gasteiger partial charge is 0.478 e. The molecule has 0 radical (unpaired) electrons. The molecule has 0 aliphatic carbocycles. The molecule has 2 rings (SSSR count). The van der Waals surface area contributed by atoms with Crippen LogP contribution in [0.25, 0.3) is 0 Å². The third-order valence-electron chi connectivity index (χ3n) is 3.12. The van der Waals surface area contributed by atoms with Crippen LogP contribution in [-0.4, -0.2) is 17.6 Å². The van der Waals surface area contributed by atoms with Crippen LogP contribution in [0.2, 0.25) is 5.02 Å². The quantitative estimate of drug-likeness (QED) is 0.900. The first-order valence-corrected chi connectivity index (χ1v) is 6.78. The monoisotopic (exact) mass is 289 g/mol. The normalized spacial score (nSPS) is 10.3. The minimum atomic E-state index is -0.978. The van der Waals surface area contributed by atoms with Crippen LogP contribution in [0.3, 0.4) is 0 Å². The Bertz CT molecular complexity index is 640. The zero-order valence-corrected chi connectivity index (χ0v) is 12.2. The number of carboxylic acid groups (broad SMARTS) is 1. The Morgan fingerprint density at radius 2 is 1.95 bits per heavy atom. The molecular weight excluding hydrogens is 274 g/mol. The van der Waals surface area contributed by atoms with Gasteiger partial charge in [0.15, 0.2) is 0 Å². The highest BCUT2D eigenvalue weighted by Gasteiger charge is 2.19. The Hall–Kier alpha value is -2.00. The lowest BCUT2D eigenvalue weighted by Gasteiger charge is -2.26. The highest BCUT2D eigenvalue weighted by Crippen LogP contribution is 2.35. The van der Waals surface area contributed by atoms with Crippen LogP contribution in [0.15, 0.2) is 42.5 Å². The van der Waals surface area contributed by atoms with E-state index in [-0.39, 0.29) is 5.56 Å². The predicted octanol–water partition coefficient (Wildman–Crippen LogP) is 4.50. The summed E-state index contributed by atoms with van der Waals surface area (Å²) in [4.78, 5) is 13.3. The number of anilines is 2. The van der Waals surface area contributed by atoms with Gasteiger partial charge in [-0.25, -0.2) is 4.79 Å². The summed E-state index contributed by atoms with van der Waals surface area (Å²) in [5.41, 5.74) is 2.80. The maximum absolute atomic E-state index is 11.4. The lowest BCUT2D eigenvalue weighted by molar-refractivity contribution is 0.0697. The predicted molar refractivity (Wildman–Crippen MR) is 82.3 cm³/mol. The van der Waals surface area contributed by atoms with Crippen molar-refractivity contribution in [1.29, 1.82) is 0 Å². The summed E-state index contributed by atoms with van der Waals surface area (Å²) in [5.74, 6) is -0.978. The van der Waals surface area contributed by atoms with E-state index in [9.17, 15) is 9.90 Å². The van der Waals surface area contributed by atoms with E-state index < -0.39 is 5.97 Å². The summed E-state index contributed by atoms with van der Waals surface area (Å²) in [5, 5.41) is 9.79. The van der Waals surface area contributed by atoms with Crippen LogP contribution >= 0.6 is 11.6 Å². The van der Waals surface area contributed by atoms with Gasteiger partial charge in [-0.3, -0.25) is 0 Å². The van der Waals surface area contributed by atoms with Crippen LogP contribution in [0.4, 0.5) is 11.4 Å². The van der Waals surface area contributed by atoms with Crippen molar-refractivity contribution in [3.63, 3.8) is 0 Å². The Labute approximate surface area is 123 Å². The second-order valence-corrected chi connectivity index (χ2v) is 4.93. The summed E-state index contributed by atoms with van der Waals surface area (Å²) in [6.45, 7) is 4.60. The second-order valence-electron chi connectivity index (χ2n) is 4.52. The molecule has 4 heteroatoms. The molecule has 20 heavy (non-hydrogen) atoms. The molecular formula is C16H16ClNO2. The number of aryl methyl sites for hydroxylation is 1. The first-order chi connectivity index (χ1) is 9.54. The number of nitrogens with zero attached hydrogens (tertiary/aromatic N) is 1. The molecule has 0 unspecified atom stereocenters. The van der Waals surface area contributed by atoms with Gasteiger partial charge < -0.3 is 10.0 Å². The minimum absolute atomic E-state index is 0.209. The van der Waals surface area contributed by atoms with E-state index in [1.807, 2.05) is 43.0 Å². The number of rotatable bonds is 4. The number of carboxylic acids is 1. The van der Waals surface area contributed by atoms with Crippen molar-refractivity contribution in [2.75, 3.05) is 11.4 Å². The zero-order chi connectivity index (χ0) is 14.7. The lowest BCUT2D eigenvalue weighted by atomic mass is 10.1. The molecule has 0 heterocycles. The van der Waals surface area contributed by atoms with Crippen LogP contribution in [-0.2, 0) is 0 Å². The molecule has 0 amide bonds. The molecule has 0 fully saturated rings. The lowest BCUT2D eigenvalue weighted by Crippen LogP contribution is -2.19. The van der Waals surface area contributed by atoms with Gasteiger partial charge in [0, 0.05) is 12.2 Å². The number of para-hydroxylation sites is 1. The first kappa shape index (κ1) is 14.4. The SMILES string of the molecule is CCN(c1cccc(C)c1)c1c(Cl)cccc1C(=O)O. The minimum Gasteiger partial charge on any atom is -0.478 e. The van der Waals surface area contributed by atoms with Crippen LogP contribution in [0.5, 0.6) is 0 Å².